The smallest absolute Gasteiger partial charge is 0.150 e. The summed E-state index contributed by atoms with van der Waals surface area (Å²) in [6.07, 6.45) is 1.45. The Morgan fingerprint density at radius 3 is 2.87 bits per heavy atom. The lowest BCUT2D eigenvalue weighted by molar-refractivity contribution is -0.0374. The van der Waals surface area contributed by atoms with E-state index in [2.05, 4.69) is 6.92 Å². The summed E-state index contributed by atoms with van der Waals surface area (Å²) in [6, 6.07) is 13.1. The first kappa shape index (κ1) is 15.7. The zero-order valence-corrected chi connectivity index (χ0v) is 13.5. The lowest BCUT2D eigenvalue weighted by Gasteiger charge is -2.34. The molecule has 23 heavy (non-hydrogen) atoms. The predicted molar refractivity (Wildman–Crippen MR) is 88.2 cm³/mol. The Morgan fingerprint density at radius 1 is 1.22 bits per heavy atom. The average molecular weight is 314 g/mol. The van der Waals surface area contributed by atoms with E-state index in [-0.39, 0.29) is 18.0 Å². The summed E-state index contributed by atoms with van der Waals surface area (Å²) in [7, 11) is 1.65. The first-order valence-electron chi connectivity index (χ1n) is 7.95. The summed E-state index contributed by atoms with van der Waals surface area (Å²) in [5.74, 6) is 1.72. The van der Waals surface area contributed by atoms with E-state index in [1.165, 1.54) is 0 Å². The molecule has 0 aliphatic carbocycles. The average Bonchev–Trinajstić information content (AvgIpc) is 2.59. The van der Waals surface area contributed by atoms with Gasteiger partial charge >= 0.3 is 0 Å². The molecule has 0 aromatic heterocycles. The second-order valence-corrected chi connectivity index (χ2v) is 5.72. The van der Waals surface area contributed by atoms with Crippen LogP contribution in [0.15, 0.2) is 42.5 Å². The van der Waals surface area contributed by atoms with Crippen LogP contribution < -0.4 is 9.47 Å². The number of ether oxygens (including phenoxy) is 3. The Hall–Kier alpha value is -2.20. The zero-order chi connectivity index (χ0) is 16.2. The first-order chi connectivity index (χ1) is 11.2. The van der Waals surface area contributed by atoms with Crippen LogP contribution in [-0.2, 0) is 11.2 Å². The molecule has 0 saturated carbocycles. The van der Waals surface area contributed by atoms with Gasteiger partial charge in [0.2, 0.25) is 0 Å². The molecule has 1 unspecified atom stereocenters. The van der Waals surface area contributed by atoms with Crippen molar-refractivity contribution in [2.24, 2.45) is 0 Å². The monoisotopic (exact) mass is 314 g/mol. The maximum atomic E-state index is 9.70. The molecule has 2 aromatic carbocycles. The Bertz CT molecular complexity index is 668. The van der Waals surface area contributed by atoms with Gasteiger partial charge in [0.15, 0.2) is 6.10 Å². The topological polar surface area (TPSA) is 47.9 Å². The van der Waals surface area contributed by atoms with Crippen molar-refractivity contribution < 1.29 is 19.3 Å². The number of hydrogen-bond donors (Lipinski definition) is 1. The van der Waals surface area contributed by atoms with E-state index < -0.39 is 0 Å². The summed E-state index contributed by atoms with van der Waals surface area (Å²) in [4.78, 5) is 0. The molecule has 1 aliphatic heterocycles. The largest absolute Gasteiger partial charge is 0.508 e. The lowest BCUT2D eigenvalue weighted by Crippen LogP contribution is -2.33. The molecule has 0 fully saturated rings. The van der Waals surface area contributed by atoms with Gasteiger partial charge in [-0.2, -0.15) is 0 Å². The minimum atomic E-state index is -0.217. The zero-order valence-electron chi connectivity index (χ0n) is 13.5. The molecular formula is C19H22O4. The SMILES string of the molecule is CCCO[C@@H]1Cc2ccc(O)cc2OC1c1cccc(OC)c1. The normalized spacial score (nSPS) is 19.7. The molecule has 3 rings (SSSR count). The Kier molecular flexibility index (Phi) is 4.72. The van der Waals surface area contributed by atoms with Crippen LogP contribution in [0.5, 0.6) is 17.2 Å². The van der Waals surface area contributed by atoms with E-state index in [0.29, 0.717) is 12.4 Å². The second-order valence-electron chi connectivity index (χ2n) is 5.72. The fourth-order valence-corrected chi connectivity index (χ4v) is 2.87. The molecule has 1 aliphatic rings. The van der Waals surface area contributed by atoms with E-state index >= 15 is 0 Å². The molecule has 122 valence electrons. The number of phenolic OH excluding ortho intramolecular Hbond substituents is 1. The number of fused-ring (bicyclic) bond motifs is 1. The third-order valence-corrected chi connectivity index (χ3v) is 4.02. The number of benzene rings is 2. The standard InChI is InChI=1S/C19H22O4/c1-3-9-22-18-11-13-7-8-15(20)12-17(13)23-19(18)14-5-4-6-16(10-14)21-2/h4-8,10,12,18-20H,3,9,11H2,1-2H3/t18-,19?/m1/s1. The number of hydrogen-bond acceptors (Lipinski definition) is 4. The van der Waals surface area contributed by atoms with Crippen molar-refractivity contribution in [1.29, 1.82) is 0 Å². The molecule has 0 radical (unpaired) electrons. The van der Waals surface area contributed by atoms with Gasteiger partial charge in [-0.15, -0.1) is 0 Å². The highest BCUT2D eigenvalue weighted by Gasteiger charge is 2.32. The third-order valence-electron chi connectivity index (χ3n) is 4.02. The van der Waals surface area contributed by atoms with Gasteiger partial charge in [-0.05, 0) is 35.7 Å². The summed E-state index contributed by atoms with van der Waals surface area (Å²) in [5.41, 5.74) is 2.07. The van der Waals surface area contributed by atoms with Crippen LogP contribution >= 0.6 is 0 Å². The fraction of sp³-hybridized carbons (Fsp3) is 0.368. The first-order valence-corrected chi connectivity index (χ1v) is 7.95. The van der Waals surface area contributed by atoms with Crippen LogP contribution in [0.2, 0.25) is 0 Å². The van der Waals surface area contributed by atoms with Crippen LogP contribution in [0.25, 0.3) is 0 Å². The van der Waals surface area contributed by atoms with E-state index in [9.17, 15) is 5.11 Å². The molecule has 0 bridgehead atoms. The van der Waals surface area contributed by atoms with Crippen LogP contribution in [0.3, 0.4) is 0 Å². The molecule has 0 saturated heterocycles. The Balaban J connectivity index is 1.93. The van der Waals surface area contributed by atoms with Gasteiger partial charge in [0.25, 0.3) is 0 Å². The lowest BCUT2D eigenvalue weighted by atomic mass is 9.94. The van der Waals surface area contributed by atoms with E-state index in [1.807, 2.05) is 30.3 Å². The maximum absolute atomic E-state index is 9.70. The predicted octanol–water partition coefficient (Wildman–Crippen LogP) is 3.87. The third kappa shape index (κ3) is 3.42. The van der Waals surface area contributed by atoms with Crippen molar-refractivity contribution in [3.63, 3.8) is 0 Å². The highest BCUT2D eigenvalue weighted by molar-refractivity contribution is 5.43. The minimum Gasteiger partial charge on any atom is -0.508 e. The summed E-state index contributed by atoms with van der Waals surface area (Å²) < 4.78 is 17.5. The molecule has 1 heterocycles. The Morgan fingerprint density at radius 2 is 2.09 bits per heavy atom. The van der Waals surface area contributed by atoms with Crippen molar-refractivity contribution in [2.75, 3.05) is 13.7 Å². The van der Waals surface area contributed by atoms with Crippen molar-refractivity contribution in [2.45, 2.75) is 32.0 Å². The quantitative estimate of drug-likeness (QED) is 0.910. The highest BCUT2D eigenvalue weighted by Crippen LogP contribution is 2.39. The second kappa shape index (κ2) is 6.92. The molecule has 0 spiro atoms. The van der Waals surface area contributed by atoms with Crippen LogP contribution in [-0.4, -0.2) is 24.9 Å². The van der Waals surface area contributed by atoms with Gasteiger partial charge < -0.3 is 19.3 Å². The number of methoxy groups -OCH3 is 1. The number of rotatable bonds is 5. The molecule has 2 atom stereocenters. The van der Waals surface area contributed by atoms with E-state index in [1.54, 1.807) is 19.2 Å². The molecule has 0 amide bonds. The molecule has 2 aromatic rings. The minimum absolute atomic E-state index is 0.0564. The van der Waals surface area contributed by atoms with Gasteiger partial charge in [0.1, 0.15) is 23.4 Å². The van der Waals surface area contributed by atoms with E-state index in [4.69, 9.17) is 14.2 Å². The van der Waals surface area contributed by atoms with Gasteiger partial charge in [0.05, 0.1) is 7.11 Å². The van der Waals surface area contributed by atoms with Crippen LogP contribution in [0.4, 0.5) is 0 Å². The van der Waals surface area contributed by atoms with Gasteiger partial charge in [-0.3, -0.25) is 0 Å². The molecule has 4 heteroatoms. The highest BCUT2D eigenvalue weighted by atomic mass is 16.5. The molecular weight excluding hydrogens is 292 g/mol. The van der Waals surface area contributed by atoms with Crippen molar-refractivity contribution in [1.82, 2.24) is 0 Å². The van der Waals surface area contributed by atoms with Crippen molar-refractivity contribution >= 4 is 0 Å². The molecule has 1 N–H and O–H groups in total. The van der Waals surface area contributed by atoms with Crippen molar-refractivity contribution in [3.8, 4) is 17.2 Å². The van der Waals surface area contributed by atoms with Gasteiger partial charge in [-0.1, -0.05) is 25.1 Å². The molecule has 4 nitrogen and oxygen atoms in total. The number of phenols is 1. The van der Waals surface area contributed by atoms with Gasteiger partial charge in [0, 0.05) is 19.1 Å². The van der Waals surface area contributed by atoms with Gasteiger partial charge in [-0.25, -0.2) is 0 Å². The van der Waals surface area contributed by atoms with Crippen LogP contribution in [0, 0.1) is 0 Å². The maximum Gasteiger partial charge on any atom is 0.150 e. The van der Waals surface area contributed by atoms with E-state index in [0.717, 1.165) is 29.7 Å². The summed E-state index contributed by atoms with van der Waals surface area (Å²) >= 11 is 0. The number of aromatic hydroxyl groups is 1. The van der Waals surface area contributed by atoms with Crippen LogP contribution in [0.1, 0.15) is 30.6 Å². The summed E-state index contributed by atoms with van der Waals surface area (Å²) in [5, 5.41) is 9.70. The van der Waals surface area contributed by atoms with Crippen molar-refractivity contribution in [3.05, 3.63) is 53.6 Å². The fourth-order valence-electron chi connectivity index (χ4n) is 2.87. The Labute approximate surface area is 136 Å². The summed E-state index contributed by atoms with van der Waals surface area (Å²) in [6.45, 7) is 2.79.